The first kappa shape index (κ1) is 49.9. The van der Waals surface area contributed by atoms with E-state index >= 15 is 0 Å². The fourth-order valence-electron chi connectivity index (χ4n) is 7.47. The van der Waals surface area contributed by atoms with E-state index in [9.17, 15) is 19.2 Å². The van der Waals surface area contributed by atoms with Gasteiger partial charge in [-0.1, -0.05) is 24.3 Å². The number of carbonyl (C=O) groups is 4. The summed E-state index contributed by atoms with van der Waals surface area (Å²) >= 11 is 1.57. The Morgan fingerprint density at radius 1 is 0.765 bits per heavy atom. The first-order valence-corrected chi connectivity index (χ1v) is 23.6. The van der Waals surface area contributed by atoms with Gasteiger partial charge in [-0.3, -0.25) is 24.6 Å². The summed E-state index contributed by atoms with van der Waals surface area (Å²) < 4.78 is 40.8. The van der Waals surface area contributed by atoms with Crippen LogP contribution < -0.4 is 19.9 Å². The van der Waals surface area contributed by atoms with Crippen molar-refractivity contribution in [1.82, 2.24) is 20.2 Å². The van der Waals surface area contributed by atoms with Gasteiger partial charge in [-0.15, -0.1) is 11.3 Å². The number of nitrogens with zero attached hydrogens (tertiary/aromatic N) is 5. The van der Waals surface area contributed by atoms with E-state index in [1.165, 1.54) is 4.90 Å². The molecule has 5 aromatic rings. The summed E-state index contributed by atoms with van der Waals surface area (Å²) in [7, 11) is 3.94. The van der Waals surface area contributed by atoms with Crippen molar-refractivity contribution in [1.29, 1.82) is 0 Å². The number of thiazole rings is 1. The molecular weight excluding hydrogens is 893 g/mol. The highest BCUT2D eigenvalue weighted by atomic mass is 32.1. The molecule has 18 heteroatoms. The lowest BCUT2D eigenvalue weighted by molar-refractivity contribution is -0.136. The van der Waals surface area contributed by atoms with Gasteiger partial charge in [-0.05, 0) is 86.8 Å². The molecule has 1 N–H and O–H groups in total. The Bertz CT molecular complexity index is 2490. The summed E-state index contributed by atoms with van der Waals surface area (Å²) in [5.41, 5.74) is 5.31. The minimum Gasteiger partial charge on any atom is -0.491 e. The topological polar surface area (TPSA) is 180 Å². The van der Waals surface area contributed by atoms with Gasteiger partial charge in [0, 0.05) is 55.6 Å². The van der Waals surface area contributed by atoms with Crippen LogP contribution in [-0.4, -0.2) is 144 Å². The lowest BCUT2D eigenvalue weighted by atomic mass is 10.0. The predicted octanol–water partition coefficient (Wildman–Crippen LogP) is 6.76. The summed E-state index contributed by atoms with van der Waals surface area (Å²) in [6.45, 7) is 10.2. The first-order valence-electron chi connectivity index (χ1n) is 22.8. The van der Waals surface area contributed by atoms with Crippen LogP contribution in [0.1, 0.15) is 49.5 Å². The highest BCUT2D eigenvalue weighted by Crippen LogP contribution is 2.35. The van der Waals surface area contributed by atoms with E-state index in [2.05, 4.69) is 40.6 Å². The molecule has 68 heavy (non-hydrogen) atoms. The van der Waals surface area contributed by atoms with Gasteiger partial charge in [0.05, 0.1) is 82.8 Å². The highest BCUT2D eigenvalue weighted by Gasteiger charge is 2.39. The number of nitrogens with one attached hydrogen (secondary N) is 1. The number of rotatable bonds is 24. The summed E-state index contributed by atoms with van der Waals surface area (Å²) in [6.07, 6.45) is 1.95. The number of amides is 4. The van der Waals surface area contributed by atoms with E-state index in [1.54, 1.807) is 34.4 Å². The minimum atomic E-state index is -0.673. The van der Waals surface area contributed by atoms with E-state index in [0.717, 1.165) is 43.3 Å². The molecule has 1 fully saturated rings. The molecule has 0 bridgehead atoms. The largest absolute Gasteiger partial charge is 0.491 e. The molecule has 1 unspecified atom stereocenters. The quantitative estimate of drug-likeness (QED) is 0.0507. The third-order valence-corrected chi connectivity index (χ3v) is 12.0. The van der Waals surface area contributed by atoms with Crippen molar-refractivity contribution >= 4 is 56.9 Å². The van der Waals surface area contributed by atoms with Crippen LogP contribution in [0.15, 0.2) is 79.0 Å². The summed E-state index contributed by atoms with van der Waals surface area (Å²) in [5.74, 6) is 0.539. The Balaban J connectivity index is 0.734. The number of hydrogen-bond acceptors (Lipinski definition) is 15. The molecule has 2 aliphatic heterocycles. The zero-order valence-electron chi connectivity index (χ0n) is 39.3. The average molecular weight is 953 g/mol. The number of carbonyl (C=O) groups excluding carboxylic acids is 4. The smallest absolute Gasteiger partial charge is 0.414 e. The van der Waals surface area contributed by atoms with Crippen molar-refractivity contribution in [2.75, 3.05) is 103 Å². The van der Waals surface area contributed by atoms with Gasteiger partial charge in [0.2, 0.25) is 11.8 Å². The number of imide groups is 1. The molecule has 362 valence electrons. The molecule has 1 saturated heterocycles. The Kier molecular flexibility index (Phi) is 17.5. The average Bonchev–Trinajstić information content (AvgIpc) is 3.89. The van der Waals surface area contributed by atoms with Crippen molar-refractivity contribution < 1.29 is 52.3 Å². The number of hydrogen-bond donors (Lipinski definition) is 1. The van der Waals surface area contributed by atoms with Crippen LogP contribution in [0.4, 0.5) is 16.3 Å². The number of pyridine rings is 1. The van der Waals surface area contributed by atoms with Crippen LogP contribution in [0.25, 0.3) is 31.9 Å². The molecule has 3 aromatic carbocycles. The van der Waals surface area contributed by atoms with Crippen molar-refractivity contribution in [3.63, 3.8) is 0 Å². The normalized spacial score (nSPS) is 14.9. The van der Waals surface area contributed by atoms with Gasteiger partial charge < -0.3 is 43.0 Å². The maximum absolute atomic E-state index is 13.4. The molecule has 2 aromatic heterocycles. The van der Waals surface area contributed by atoms with Gasteiger partial charge in [-0.2, -0.15) is 0 Å². The van der Waals surface area contributed by atoms with Crippen molar-refractivity contribution in [2.24, 2.45) is 0 Å². The number of fused-ring (bicyclic) bond motifs is 2. The van der Waals surface area contributed by atoms with Gasteiger partial charge >= 0.3 is 6.09 Å². The number of benzene rings is 3. The molecular formula is C50H60N6O11S. The fraction of sp³-hybridized carbons (Fsp3) is 0.440. The Morgan fingerprint density at radius 2 is 1.40 bits per heavy atom. The van der Waals surface area contributed by atoms with Crippen molar-refractivity contribution in [3.8, 4) is 27.4 Å². The second-order valence-electron chi connectivity index (χ2n) is 17.3. The molecule has 0 spiro atoms. The number of anilines is 2. The van der Waals surface area contributed by atoms with Crippen LogP contribution >= 0.6 is 11.3 Å². The molecule has 4 amide bonds. The second-order valence-corrected chi connectivity index (χ2v) is 18.3. The molecule has 7 rings (SSSR count). The second kappa shape index (κ2) is 23.8. The zero-order chi connectivity index (χ0) is 48.0. The van der Waals surface area contributed by atoms with Gasteiger partial charge in [0.1, 0.15) is 34.8 Å². The Labute approximate surface area is 400 Å². The lowest BCUT2D eigenvalue weighted by Gasteiger charge is -2.29. The summed E-state index contributed by atoms with van der Waals surface area (Å²) in [5, 5.41) is 3.20. The third kappa shape index (κ3) is 13.8. The maximum atomic E-state index is 13.4. The Hall–Kier alpha value is -6.02. The minimum absolute atomic E-state index is 0.211. The molecule has 4 heterocycles. The molecule has 0 aliphatic carbocycles. The van der Waals surface area contributed by atoms with Crippen molar-refractivity contribution in [3.05, 3.63) is 90.1 Å². The van der Waals surface area contributed by atoms with E-state index in [1.807, 2.05) is 70.2 Å². The summed E-state index contributed by atoms with van der Waals surface area (Å²) in [6, 6.07) is 22.7. The van der Waals surface area contributed by atoms with Crippen LogP contribution in [0.5, 0.6) is 5.75 Å². The monoisotopic (exact) mass is 952 g/mol. The van der Waals surface area contributed by atoms with E-state index in [-0.39, 0.29) is 37.9 Å². The van der Waals surface area contributed by atoms with Crippen LogP contribution in [0.2, 0.25) is 0 Å². The molecule has 0 saturated carbocycles. The van der Waals surface area contributed by atoms with E-state index < -0.39 is 23.6 Å². The molecule has 1 atom stereocenters. The third-order valence-electron chi connectivity index (χ3n) is 10.9. The Morgan fingerprint density at radius 3 is 2.01 bits per heavy atom. The molecule has 17 nitrogen and oxygen atoms in total. The van der Waals surface area contributed by atoms with Crippen LogP contribution in [-0.2, 0) is 44.6 Å². The van der Waals surface area contributed by atoms with Gasteiger partial charge in [0.15, 0.2) is 0 Å². The molecule has 0 radical (unpaired) electrons. The van der Waals surface area contributed by atoms with Crippen LogP contribution in [0, 0.1) is 0 Å². The van der Waals surface area contributed by atoms with Gasteiger partial charge in [0.25, 0.3) is 5.91 Å². The lowest BCUT2D eigenvalue weighted by Crippen LogP contribution is -2.52. The van der Waals surface area contributed by atoms with E-state index in [4.69, 9.17) is 38.1 Å². The van der Waals surface area contributed by atoms with Gasteiger partial charge in [-0.25, -0.2) is 14.8 Å². The van der Waals surface area contributed by atoms with Crippen LogP contribution in [0.3, 0.4) is 0 Å². The fourth-order valence-corrected chi connectivity index (χ4v) is 8.47. The first-order chi connectivity index (χ1) is 32.8. The van der Waals surface area contributed by atoms with Crippen molar-refractivity contribution in [2.45, 2.75) is 51.8 Å². The van der Waals surface area contributed by atoms with E-state index in [0.29, 0.717) is 89.5 Å². The number of ether oxygens (including phenoxy) is 7. The highest BCUT2D eigenvalue weighted by molar-refractivity contribution is 7.21. The molecule has 2 aliphatic rings. The standard InChI is InChI=1S/C50H60N6O11S/c1-50(2,3)67-49(60)55(38-11-14-41-43(31-38)68-47(52-41)35-8-6-34(7-9-35)36-10-16-44(51-32-36)54(4)5)18-19-61-20-21-62-22-23-63-24-25-64-26-27-65-28-29-66-39-12-13-40-37(30-39)33-56(48(40)59)42-15-17-45(57)53-46(42)58/h6-14,16,30-32,42H,15,17-29,33H2,1-5H3,(H,53,57,58). The zero-order valence-corrected chi connectivity index (χ0v) is 40.1. The number of piperidine rings is 1. The number of aromatic nitrogens is 2. The predicted molar refractivity (Wildman–Crippen MR) is 258 cm³/mol. The SMILES string of the molecule is CN(C)c1ccc(-c2ccc(-c3nc4ccc(N(CCOCCOCCOCCOCCOCCOc5ccc6c(c5)CN(C5CCC(=O)NC5=O)C6=O)C(=O)OC(C)(C)C)cc4s3)cc2)cn1. The summed E-state index contributed by atoms with van der Waals surface area (Å²) in [4.78, 5) is 64.6. The maximum Gasteiger partial charge on any atom is 0.414 e.